The summed E-state index contributed by atoms with van der Waals surface area (Å²) >= 11 is 0. The molecule has 0 aromatic carbocycles. The number of piperidine rings is 1. The molecule has 5 heteroatoms. The predicted octanol–water partition coefficient (Wildman–Crippen LogP) is 0.0538. The minimum Gasteiger partial charge on any atom is -0.468 e. The van der Waals surface area contributed by atoms with E-state index in [1.807, 2.05) is 0 Å². The minimum atomic E-state index is -0.420. The van der Waals surface area contributed by atoms with Gasteiger partial charge in [-0.3, -0.25) is 9.59 Å². The highest BCUT2D eigenvalue weighted by atomic mass is 16.5. The summed E-state index contributed by atoms with van der Waals surface area (Å²) in [7, 11) is 1.31. The third-order valence-electron chi connectivity index (χ3n) is 3.04. The van der Waals surface area contributed by atoms with Gasteiger partial charge >= 0.3 is 5.97 Å². The lowest BCUT2D eigenvalue weighted by Gasteiger charge is -2.28. The molecular formula is C11H20N2O3. The van der Waals surface area contributed by atoms with Crippen LogP contribution in [0.5, 0.6) is 0 Å². The Hall–Kier alpha value is -1.10. The molecule has 1 heterocycles. The van der Waals surface area contributed by atoms with Crippen LogP contribution in [-0.4, -0.2) is 38.1 Å². The number of amides is 1. The molecule has 2 unspecified atom stereocenters. The van der Waals surface area contributed by atoms with Gasteiger partial charge in [-0.05, 0) is 25.3 Å². The van der Waals surface area contributed by atoms with Crippen LogP contribution < -0.4 is 10.6 Å². The summed E-state index contributed by atoms with van der Waals surface area (Å²) in [6.07, 6.45) is 3.07. The summed E-state index contributed by atoms with van der Waals surface area (Å²) < 4.78 is 4.46. The van der Waals surface area contributed by atoms with Gasteiger partial charge in [0, 0.05) is 0 Å². The Bertz CT molecular complexity index is 256. The van der Waals surface area contributed by atoms with Gasteiger partial charge in [-0.2, -0.15) is 0 Å². The van der Waals surface area contributed by atoms with Gasteiger partial charge in [-0.1, -0.05) is 13.3 Å². The molecule has 5 nitrogen and oxygen atoms in total. The Morgan fingerprint density at radius 1 is 1.50 bits per heavy atom. The monoisotopic (exact) mass is 228 g/mol. The van der Waals surface area contributed by atoms with E-state index in [2.05, 4.69) is 22.3 Å². The van der Waals surface area contributed by atoms with Crippen LogP contribution in [0.3, 0.4) is 0 Å². The van der Waals surface area contributed by atoms with Crippen LogP contribution in [0, 0.1) is 5.92 Å². The Labute approximate surface area is 95.9 Å². The van der Waals surface area contributed by atoms with E-state index in [1.54, 1.807) is 0 Å². The number of hydrogen-bond acceptors (Lipinski definition) is 4. The summed E-state index contributed by atoms with van der Waals surface area (Å²) in [5.74, 6) is 0.0786. The first kappa shape index (κ1) is 13.0. The highest BCUT2D eigenvalue weighted by Crippen LogP contribution is 2.19. The normalized spacial score (nSPS) is 24.9. The second kappa shape index (κ2) is 6.48. The second-order valence-corrected chi connectivity index (χ2v) is 4.10. The molecule has 1 saturated heterocycles. The molecule has 0 bridgehead atoms. The fourth-order valence-electron chi connectivity index (χ4n) is 1.92. The van der Waals surface area contributed by atoms with Gasteiger partial charge in [0.25, 0.3) is 0 Å². The quantitative estimate of drug-likeness (QED) is 0.667. The van der Waals surface area contributed by atoms with Crippen LogP contribution in [0.15, 0.2) is 0 Å². The van der Waals surface area contributed by atoms with Crippen molar-refractivity contribution in [2.75, 3.05) is 20.2 Å². The van der Waals surface area contributed by atoms with Crippen molar-refractivity contribution >= 4 is 11.9 Å². The molecule has 2 N–H and O–H groups in total. The maximum absolute atomic E-state index is 11.7. The zero-order valence-electron chi connectivity index (χ0n) is 9.91. The molecule has 1 aliphatic heterocycles. The average Bonchev–Trinajstić information content (AvgIpc) is 2.35. The third-order valence-corrected chi connectivity index (χ3v) is 3.04. The van der Waals surface area contributed by atoms with Crippen molar-refractivity contribution in [1.82, 2.24) is 10.6 Å². The van der Waals surface area contributed by atoms with Crippen molar-refractivity contribution in [1.29, 1.82) is 0 Å². The summed E-state index contributed by atoms with van der Waals surface area (Å²) in [6.45, 7) is 2.96. The zero-order chi connectivity index (χ0) is 12.0. The van der Waals surface area contributed by atoms with Gasteiger partial charge in [0.1, 0.15) is 6.54 Å². The summed E-state index contributed by atoms with van der Waals surface area (Å²) in [5, 5.41) is 5.73. The lowest BCUT2D eigenvalue weighted by Crippen LogP contribution is -2.49. The molecule has 0 aromatic rings. The maximum atomic E-state index is 11.7. The molecule has 0 radical (unpaired) electrons. The Balaban J connectivity index is 2.32. The molecule has 1 amide bonds. The summed E-state index contributed by atoms with van der Waals surface area (Å²) in [4.78, 5) is 22.6. The number of carbonyl (C=O) groups excluding carboxylic acids is 2. The van der Waals surface area contributed by atoms with Crippen LogP contribution in [0.1, 0.15) is 26.2 Å². The van der Waals surface area contributed by atoms with E-state index in [-0.39, 0.29) is 18.5 Å². The first-order valence-corrected chi connectivity index (χ1v) is 5.75. The molecule has 1 aliphatic rings. The van der Waals surface area contributed by atoms with Gasteiger partial charge in [-0.15, -0.1) is 0 Å². The Morgan fingerprint density at radius 3 is 2.88 bits per heavy atom. The summed E-state index contributed by atoms with van der Waals surface area (Å²) in [5.41, 5.74) is 0. The number of nitrogens with one attached hydrogen (secondary N) is 2. The standard InChI is InChI=1S/C11H20N2O3/c1-3-8-4-5-12-9(6-8)11(15)13-7-10(14)16-2/h8-9,12H,3-7H2,1-2H3,(H,13,15). The average molecular weight is 228 g/mol. The molecule has 0 aliphatic carbocycles. The number of carbonyl (C=O) groups is 2. The summed E-state index contributed by atoms with van der Waals surface area (Å²) in [6, 6.07) is -0.164. The van der Waals surface area contributed by atoms with Crippen molar-refractivity contribution in [2.24, 2.45) is 5.92 Å². The van der Waals surface area contributed by atoms with Crippen molar-refractivity contribution in [3.05, 3.63) is 0 Å². The Kier molecular flexibility index (Phi) is 5.25. The molecule has 92 valence electrons. The van der Waals surface area contributed by atoms with Gasteiger partial charge in [0.15, 0.2) is 0 Å². The van der Waals surface area contributed by atoms with E-state index in [4.69, 9.17) is 0 Å². The lowest BCUT2D eigenvalue weighted by molar-refractivity contribution is -0.141. The van der Waals surface area contributed by atoms with Crippen molar-refractivity contribution in [3.8, 4) is 0 Å². The van der Waals surface area contributed by atoms with Gasteiger partial charge < -0.3 is 15.4 Å². The van der Waals surface area contributed by atoms with E-state index in [0.717, 1.165) is 25.8 Å². The zero-order valence-corrected chi connectivity index (χ0v) is 9.91. The van der Waals surface area contributed by atoms with Crippen LogP contribution in [-0.2, 0) is 14.3 Å². The number of hydrogen-bond donors (Lipinski definition) is 2. The van der Waals surface area contributed by atoms with E-state index < -0.39 is 5.97 Å². The molecule has 2 atom stereocenters. The second-order valence-electron chi connectivity index (χ2n) is 4.10. The van der Waals surface area contributed by atoms with E-state index in [0.29, 0.717) is 5.92 Å². The van der Waals surface area contributed by atoms with E-state index >= 15 is 0 Å². The highest BCUT2D eigenvalue weighted by Gasteiger charge is 2.25. The molecule has 0 aromatic heterocycles. The lowest BCUT2D eigenvalue weighted by atomic mass is 9.90. The van der Waals surface area contributed by atoms with Gasteiger partial charge in [-0.25, -0.2) is 0 Å². The smallest absolute Gasteiger partial charge is 0.325 e. The molecule has 1 rings (SSSR count). The Morgan fingerprint density at radius 2 is 2.25 bits per heavy atom. The highest BCUT2D eigenvalue weighted by molar-refractivity contribution is 5.85. The van der Waals surface area contributed by atoms with Crippen molar-refractivity contribution in [2.45, 2.75) is 32.2 Å². The molecule has 0 saturated carbocycles. The van der Waals surface area contributed by atoms with Crippen molar-refractivity contribution < 1.29 is 14.3 Å². The van der Waals surface area contributed by atoms with Crippen LogP contribution in [0.2, 0.25) is 0 Å². The third kappa shape index (κ3) is 3.81. The fraction of sp³-hybridized carbons (Fsp3) is 0.818. The topological polar surface area (TPSA) is 67.4 Å². The van der Waals surface area contributed by atoms with Crippen molar-refractivity contribution in [3.63, 3.8) is 0 Å². The van der Waals surface area contributed by atoms with E-state index in [9.17, 15) is 9.59 Å². The molecule has 0 spiro atoms. The predicted molar refractivity (Wildman–Crippen MR) is 59.8 cm³/mol. The van der Waals surface area contributed by atoms with Crippen LogP contribution >= 0.6 is 0 Å². The molecule has 16 heavy (non-hydrogen) atoms. The maximum Gasteiger partial charge on any atom is 0.325 e. The number of esters is 1. The minimum absolute atomic E-state index is 0.0513. The number of methoxy groups -OCH3 is 1. The van der Waals surface area contributed by atoms with Crippen LogP contribution in [0.25, 0.3) is 0 Å². The first-order chi connectivity index (χ1) is 7.67. The largest absolute Gasteiger partial charge is 0.468 e. The molecule has 1 fully saturated rings. The first-order valence-electron chi connectivity index (χ1n) is 5.75. The number of rotatable bonds is 4. The van der Waals surface area contributed by atoms with Gasteiger partial charge in [0.2, 0.25) is 5.91 Å². The fourth-order valence-corrected chi connectivity index (χ4v) is 1.92. The molecular weight excluding hydrogens is 208 g/mol. The SMILES string of the molecule is CCC1CCNC(C(=O)NCC(=O)OC)C1. The van der Waals surface area contributed by atoms with Gasteiger partial charge in [0.05, 0.1) is 13.2 Å². The van der Waals surface area contributed by atoms with E-state index in [1.165, 1.54) is 7.11 Å². The number of ether oxygens (including phenoxy) is 1. The van der Waals surface area contributed by atoms with Crippen LogP contribution in [0.4, 0.5) is 0 Å².